The third-order valence-corrected chi connectivity index (χ3v) is 5.34. The van der Waals surface area contributed by atoms with Crippen molar-refractivity contribution in [1.29, 1.82) is 0 Å². The average Bonchev–Trinajstić information content (AvgIpc) is 2.73. The maximum atomic E-state index is 3.93. The van der Waals surface area contributed by atoms with E-state index in [1.165, 1.54) is 32.2 Å². The molecule has 0 saturated heterocycles. The lowest BCUT2D eigenvalue weighted by Crippen LogP contribution is -2.33. The van der Waals surface area contributed by atoms with Gasteiger partial charge in [-0.2, -0.15) is 0 Å². The van der Waals surface area contributed by atoms with Gasteiger partial charge in [-0.15, -0.1) is 6.58 Å². The molecule has 3 saturated carbocycles. The van der Waals surface area contributed by atoms with Crippen molar-refractivity contribution in [2.24, 2.45) is 29.6 Å². The van der Waals surface area contributed by atoms with Crippen LogP contribution in [0.25, 0.3) is 0 Å². The number of nitrogens with one attached hydrogen (secondary N) is 1. The smallest absolute Gasteiger partial charge is 0.0135 e. The molecule has 90 valence electrons. The van der Waals surface area contributed by atoms with Gasteiger partial charge in [0, 0.05) is 6.04 Å². The van der Waals surface area contributed by atoms with Crippen LogP contribution in [0, 0.1) is 29.6 Å². The van der Waals surface area contributed by atoms with Crippen molar-refractivity contribution in [2.45, 2.75) is 45.1 Å². The summed E-state index contributed by atoms with van der Waals surface area (Å²) in [7, 11) is 0. The summed E-state index contributed by atoms with van der Waals surface area (Å²) in [6, 6.07) is 0.746. The Bertz CT molecular complexity index is 257. The van der Waals surface area contributed by atoms with E-state index in [9.17, 15) is 0 Å². The van der Waals surface area contributed by atoms with Crippen molar-refractivity contribution in [3.05, 3.63) is 12.7 Å². The first-order chi connectivity index (χ1) is 7.86. The fraction of sp³-hybridized carbons (Fsp3) is 0.867. The Balaban J connectivity index is 1.61. The van der Waals surface area contributed by atoms with Gasteiger partial charge in [0.1, 0.15) is 0 Å². The maximum absolute atomic E-state index is 3.93. The second kappa shape index (κ2) is 4.18. The summed E-state index contributed by atoms with van der Waals surface area (Å²) < 4.78 is 0. The fourth-order valence-corrected chi connectivity index (χ4v) is 4.82. The number of rotatable bonds is 6. The lowest BCUT2D eigenvalue weighted by Gasteiger charge is -2.20. The normalized spacial score (nSPS) is 45.4. The van der Waals surface area contributed by atoms with Gasteiger partial charge in [0.05, 0.1) is 0 Å². The van der Waals surface area contributed by atoms with E-state index in [2.05, 4.69) is 24.9 Å². The molecule has 5 unspecified atom stereocenters. The Morgan fingerprint density at radius 2 is 2.00 bits per heavy atom. The van der Waals surface area contributed by atoms with Crippen LogP contribution in [0.4, 0.5) is 0 Å². The molecule has 3 aliphatic carbocycles. The molecule has 0 aromatic heterocycles. The van der Waals surface area contributed by atoms with Crippen LogP contribution in [0.2, 0.25) is 0 Å². The Labute approximate surface area is 99.7 Å². The second-order valence-electron chi connectivity index (χ2n) is 6.15. The molecule has 0 aromatic rings. The van der Waals surface area contributed by atoms with E-state index in [-0.39, 0.29) is 0 Å². The Morgan fingerprint density at radius 3 is 2.56 bits per heavy atom. The third kappa shape index (κ3) is 1.55. The Morgan fingerprint density at radius 1 is 1.31 bits per heavy atom. The minimum atomic E-state index is 0.746. The zero-order valence-corrected chi connectivity index (χ0v) is 10.5. The van der Waals surface area contributed by atoms with Gasteiger partial charge in [0.25, 0.3) is 0 Å². The van der Waals surface area contributed by atoms with E-state index < -0.39 is 0 Å². The first kappa shape index (κ1) is 10.8. The van der Waals surface area contributed by atoms with Crippen LogP contribution in [-0.4, -0.2) is 12.6 Å². The summed E-state index contributed by atoms with van der Waals surface area (Å²) in [6.45, 7) is 7.37. The van der Waals surface area contributed by atoms with Crippen LogP contribution < -0.4 is 5.32 Å². The van der Waals surface area contributed by atoms with Crippen molar-refractivity contribution in [2.75, 3.05) is 6.54 Å². The lowest BCUT2D eigenvalue weighted by atomic mass is 9.95. The predicted octanol–water partition coefficient (Wildman–Crippen LogP) is 3.22. The van der Waals surface area contributed by atoms with Gasteiger partial charge in [-0.1, -0.05) is 13.0 Å². The number of hydrogen-bond donors (Lipinski definition) is 1. The van der Waals surface area contributed by atoms with Gasteiger partial charge in [0.15, 0.2) is 0 Å². The highest BCUT2D eigenvalue weighted by atomic mass is 14.9. The molecule has 3 fully saturated rings. The maximum Gasteiger partial charge on any atom is 0.0135 e. The predicted molar refractivity (Wildman–Crippen MR) is 68.2 cm³/mol. The molecule has 0 aromatic carbocycles. The highest BCUT2D eigenvalue weighted by molar-refractivity contribution is 5.16. The monoisotopic (exact) mass is 219 g/mol. The highest BCUT2D eigenvalue weighted by Gasteiger charge is 2.66. The standard InChI is InChI=1S/C15H25N/c1-3-5-12(16-8-4-2)15-13-10-6-7-11(9-10)14(13)15/h3,10-16H,1,4-9H2,2H3. The van der Waals surface area contributed by atoms with Crippen LogP contribution in [0.5, 0.6) is 0 Å². The van der Waals surface area contributed by atoms with Crippen molar-refractivity contribution in [1.82, 2.24) is 5.32 Å². The third-order valence-electron chi connectivity index (χ3n) is 5.34. The molecule has 3 rings (SSSR count). The average molecular weight is 219 g/mol. The molecule has 0 radical (unpaired) electrons. The van der Waals surface area contributed by atoms with E-state index in [0.29, 0.717) is 0 Å². The molecular weight excluding hydrogens is 194 g/mol. The van der Waals surface area contributed by atoms with Crippen LogP contribution in [-0.2, 0) is 0 Å². The lowest BCUT2D eigenvalue weighted by molar-refractivity contribution is 0.364. The van der Waals surface area contributed by atoms with Crippen molar-refractivity contribution < 1.29 is 0 Å². The molecule has 3 aliphatic rings. The molecule has 1 heteroatoms. The molecule has 1 N–H and O–H groups in total. The molecular formula is C15H25N. The van der Waals surface area contributed by atoms with Crippen LogP contribution in [0.1, 0.15) is 39.0 Å². The van der Waals surface area contributed by atoms with Crippen molar-refractivity contribution in [3.8, 4) is 0 Å². The minimum Gasteiger partial charge on any atom is -0.313 e. The van der Waals surface area contributed by atoms with E-state index in [0.717, 1.165) is 35.6 Å². The van der Waals surface area contributed by atoms with Crippen LogP contribution in [0.15, 0.2) is 12.7 Å². The van der Waals surface area contributed by atoms with E-state index >= 15 is 0 Å². The summed E-state index contributed by atoms with van der Waals surface area (Å²) in [6.07, 6.45) is 9.19. The largest absolute Gasteiger partial charge is 0.313 e. The molecule has 2 bridgehead atoms. The minimum absolute atomic E-state index is 0.746. The van der Waals surface area contributed by atoms with Crippen LogP contribution in [0.3, 0.4) is 0 Å². The van der Waals surface area contributed by atoms with Gasteiger partial charge < -0.3 is 5.32 Å². The summed E-state index contributed by atoms with van der Waals surface area (Å²) in [5.41, 5.74) is 0. The SMILES string of the molecule is C=CCC(NCCC)C1C2C3CCC(C3)C21. The summed E-state index contributed by atoms with van der Waals surface area (Å²) in [5.74, 6) is 5.43. The molecule has 0 amide bonds. The van der Waals surface area contributed by atoms with Gasteiger partial charge in [0.2, 0.25) is 0 Å². The topological polar surface area (TPSA) is 12.0 Å². The zero-order chi connectivity index (χ0) is 11.1. The van der Waals surface area contributed by atoms with E-state index in [1.54, 1.807) is 6.42 Å². The van der Waals surface area contributed by atoms with Crippen molar-refractivity contribution >= 4 is 0 Å². The van der Waals surface area contributed by atoms with Gasteiger partial charge >= 0.3 is 0 Å². The quantitative estimate of drug-likeness (QED) is 0.676. The molecule has 5 atom stereocenters. The highest BCUT2D eigenvalue weighted by Crippen LogP contribution is 2.70. The van der Waals surface area contributed by atoms with Gasteiger partial charge in [-0.3, -0.25) is 0 Å². The second-order valence-corrected chi connectivity index (χ2v) is 6.15. The fourth-order valence-electron chi connectivity index (χ4n) is 4.82. The summed E-state index contributed by atoms with van der Waals surface area (Å²) >= 11 is 0. The van der Waals surface area contributed by atoms with E-state index in [1.807, 2.05) is 0 Å². The zero-order valence-electron chi connectivity index (χ0n) is 10.5. The summed E-state index contributed by atoms with van der Waals surface area (Å²) in [5, 5.41) is 3.76. The molecule has 1 nitrogen and oxygen atoms in total. The van der Waals surface area contributed by atoms with Gasteiger partial charge in [-0.25, -0.2) is 0 Å². The Kier molecular flexibility index (Phi) is 2.83. The molecule has 16 heavy (non-hydrogen) atoms. The molecule has 0 aliphatic heterocycles. The van der Waals surface area contributed by atoms with Gasteiger partial charge in [-0.05, 0) is 68.2 Å². The number of fused-ring (bicyclic) bond motifs is 5. The molecule has 0 heterocycles. The van der Waals surface area contributed by atoms with E-state index in [4.69, 9.17) is 0 Å². The molecule has 0 spiro atoms. The van der Waals surface area contributed by atoms with Crippen molar-refractivity contribution in [3.63, 3.8) is 0 Å². The summed E-state index contributed by atoms with van der Waals surface area (Å²) in [4.78, 5) is 0. The van der Waals surface area contributed by atoms with Crippen LogP contribution >= 0.6 is 0 Å². The first-order valence-electron chi connectivity index (χ1n) is 7.21. The first-order valence-corrected chi connectivity index (χ1v) is 7.21. The number of hydrogen-bond acceptors (Lipinski definition) is 1. The Hall–Kier alpha value is -0.300.